The van der Waals surface area contributed by atoms with E-state index >= 15 is 0 Å². The number of methoxy groups -OCH3 is 1. The molecule has 1 unspecified atom stereocenters. The van der Waals surface area contributed by atoms with Crippen LogP contribution in [0.5, 0.6) is 11.5 Å². The van der Waals surface area contributed by atoms with Gasteiger partial charge in [0.2, 0.25) is 0 Å². The molecule has 0 aliphatic heterocycles. The van der Waals surface area contributed by atoms with Gasteiger partial charge in [-0.15, -0.1) is 0 Å². The molecule has 1 atom stereocenters. The standard InChI is InChI=1S/C22H27ClN2O3/c1-15(25(2)19-9-10-19)13-24-22(26)17-6-11-20(21(12-17)27-3)28-14-16-4-7-18(23)8-5-16/h4-8,11-12,15,19H,9-10,13-14H2,1-3H3,(H,24,26). The molecule has 1 N–H and O–H groups in total. The van der Waals surface area contributed by atoms with Gasteiger partial charge in [-0.1, -0.05) is 23.7 Å². The number of ether oxygens (including phenoxy) is 2. The quantitative estimate of drug-likeness (QED) is 0.684. The van der Waals surface area contributed by atoms with Crippen LogP contribution in [0.15, 0.2) is 42.5 Å². The van der Waals surface area contributed by atoms with Gasteiger partial charge in [0.15, 0.2) is 11.5 Å². The van der Waals surface area contributed by atoms with Crippen LogP contribution in [0.1, 0.15) is 35.7 Å². The molecule has 3 rings (SSSR count). The summed E-state index contributed by atoms with van der Waals surface area (Å²) < 4.78 is 11.3. The second-order valence-corrected chi connectivity index (χ2v) is 7.67. The summed E-state index contributed by atoms with van der Waals surface area (Å²) in [5.41, 5.74) is 1.55. The van der Waals surface area contributed by atoms with Gasteiger partial charge in [-0.3, -0.25) is 9.69 Å². The fraction of sp³-hybridized carbons (Fsp3) is 0.409. The summed E-state index contributed by atoms with van der Waals surface area (Å²) in [6, 6.07) is 13.7. The molecule has 1 aliphatic carbocycles. The highest BCUT2D eigenvalue weighted by atomic mass is 35.5. The van der Waals surface area contributed by atoms with E-state index in [-0.39, 0.29) is 5.91 Å². The molecule has 0 heterocycles. The van der Waals surface area contributed by atoms with Crippen LogP contribution in [-0.2, 0) is 6.61 Å². The normalized spacial score (nSPS) is 14.6. The average molecular weight is 403 g/mol. The number of hydrogen-bond donors (Lipinski definition) is 1. The van der Waals surface area contributed by atoms with Crippen LogP contribution in [0.25, 0.3) is 0 Å². The molecule has 1 saturated carbocycles. The van der Waals surface area contributed by atoms with E-state index in [1.807, 2.05) is 24.3 Å². The number of likely N-dealkylation sites (N-methyl/N-ethyl adjacent to an activating group) is 1. The van der Waals surface area contributed by atoms with Gasteiger partial charge in [-0.05, 0) is 62.7 Å². The number of rotatable bonds is 9. The van der Waals surface area contributed by atoms with Gasteiger partial charge in [-0.2, -0.15) is 0 Å². The molecule has 1 aliphatic rings. The van der Waals surface area contributed by atoms with Crippen molar-refractivity contribution in [2.75, 3.05) is 20.7 Å². The Hall–Kier alpha value is -2.24. The molecular weight excluding hydrogens is 376 g/mol. The fourth-order valence-corrected chi connectivity index (χ4v) is 3.12. The summed E-state index contributed by atoms with van der Waals surface area (Å²) in [5, 5.41) is 3.70. The number of nitrogens with zero attached hydrogens (tertiary/aromatic N) is 1. The molecule has 150 valence electrons. The van der Waals surface area contributed by atoms with E-state index in [9.17, 15) is 4.79 Å². The van der Waals surface area contributed by atoms with Gasteiger partial charge in [0.05, 0.1) is 7.11 Å². The second-order valence-electron chi connectivity index (χ2n) is 7.24. The van der Waals surface area contributed by atoms with E-state index in [1.54, 1.807) is 25.3 Å². The summed E-state index contributed by atoms with van der Waals surface area (Å²) in [7, 11) is 3.68. The van der Waals surface area contributed by atoms with Crippen molar-refractivity contribution in [2.24, 2.45) is 0 Å². The minimum atomic E-state index is -0.112. The number of hydrogen-bond acceptors (Lipinski definition) is 4. The maximum Gasteiger partial charge on any atom is 0.251 e. The molecule has 0 radical (unpaired) electrons. The summed E-state index contributed by atoms with van der Waals surface area (Å²) in [4.78, 5) is 14.8. The van der Waals surface area contributed by atoms with Gasteiger partial charge < -0.3 is 14.8 Å². The highest BCUT2D eigenvalue weighted by Gasteiger charge is 2.29. The topological polar surface area (TPSA) is 50.8 Å². The lowest BCUT2D eigenvalue weighted by Gasteiger charge is -2.24. The molecule has 0 saturated heterocycles. The van der Waals surface area contributed by atoms with Crippen molar-refractivity contribution in [3.05, 3.63) is 58.6 Å². The summed E-state index contributed by atoms with van der Waals surface area (Å²) in [6.45, 7) is 3.14. The lowest BCUT2D eigenvalue weighted by atomic mass is 10.1. The largest absolute Gasteiger partial charge is 0.493 e. The first-order valence-electron chi connectivity index (χ1n) is 9.53. The van der Waals surface area contributed by atoms with Gasteiger partial charge in [0.25, 0.3) is 5.91 Å². The minimum absolute atomic E-state index is 0.112. The number of benzene rings is 2. The van der Waals surface area contributed by atoms with Crippen molar-refractivity contribution >= 4 is 17.5 Å². The SMILES string of the molecule is COc1cc(C(=O)NCC(C)N(C)C2CC2)ccc1OCc1ccc(Cl)cc1. The Morgan fingerprint density at radius 3 is 2.57 bits per heavy atom. The Bertz CT molecular complexity index is 806. The summed E-state index contributed by atoms with van der Waals surface area (Å²) in [6.07, 6.45) is 2.51. The molecule has 0 aromatic heterocycles. The Morgan fingerprint density at radius 1 is 1.21 bits per heavy atom. The van der Waals surface area contributed by atoms with Crippen molar-refractivity contribution in [3.63, 3.8) is 0 Å². The Morgan fingerprint density at radius 2 is 1.93 bits per heavy atom. The maximum absolute atomic E-state index is 12.5. The van der Waals surface area contributed by atoms with Crippen LogP contribution in [-0.4, -0.2) is 43.6 Å². The zero-order chi connectivity index (χ0) is 20.1. The molecule has 2 aromatic carbocycles. The zero-order valence-electron chi connectivity index (χ0n) is 16.6. The first-order chi connectivity index (χ1) is 13.5. The molecule has 0 spiro atoms. The van der Waals surface area contributed by atoms with E-state index < -0.39 is 0 Å². The molecule has 5 nitrogen and oxygen atoms in total. The van der Waals surface area contributed by atoms with Crippen molar-refractivity contribution in [2.45, 2.75) is 38.5 Å². The third-order valence-corrected chi connectivity index (χ3v) is 5.36. The third kappa shape index (κ3) is 5.40. The number of carbonyl (C=O) groups excluding carboxylic acids is 1. The first-order valence-corrected chi connectivity index (χ1v) is 9.91. The smallest absolute Gasteiger partial charge is 0.251 e. The van der Waals surface area contributed by atoms with E-state index in [1.165, 1.54) is 12.8 Å². The van der Waals surface area contributed by atoms with Gasteiger partial charge in [0, 0.05) is 29.2 Å². The molecule has 6 heteroatoms. The lowest BCUT2D eigenvalue weighted by Crippen LogP contribution is -2.41. The van der Waals surface area contributed by atoms with Crippen LogP contribution in [0.3, 0.4) is 0 Å². The van der Waals surface area contributed by atoms with Crippen molar-refractivity contribution in [3.8, 4) is 11.5 Å². The number of nitrogens with one attached hydrogen (secondary N) is 1. The van der Waals surface area contributed by atoms with Crippen LogP contribution >= 0.6 is 11.6 Å². The number of halogens is 1. The van der Waals surface area contributed by atoms with Crippen molar-refractivity contribution < 1.29 is 14.3 Å². The predicted octanol–water partition coefficient (Wildman–Crippen LogP) is 4.14. The van der Waals surface area contributed by atoms with Gasteiger partial charge in [-0.25, -0.2) is 0 Å². The summed E-state index contributed by atoms with van der Waals surface area (Å²) in [5.74, 6) is 1.01. The third-order valence-electron chi connectivity index (χ3n) is 5.11. The van der Waals surface area contributed by atoms with Gasteiger partial charge in [0.1, 0.15) is 6.61 Å². The van der Waals surface area contributed by atoms with Crippen LogP contribution in [0, 0.1) is 0 Å². The van der Waals surface area contributed by atoms with E-state index in [0.29, 0.717) is 47.3 Å². The lowest BCUT2D eigenvalue weighted by molar-refractivity contribution is 0.0939. The Kier molecular flexibility index (Phi) is 6.81. The molecule has 2 aromatic rings. The van der Waals surface area contributed by atoms with Gasteiger partial charge >= 0.3 is 0 Å². The average Bonchev–Trinajstić information content (AvgIpc) is 3.56. The highest BCUT2D eigenvalue weighted by Crippen LogP contribution is 2.29. The maximum atomic E-state index is 12.5. The zero-order valence-corrected chi connectivity index (χ0v) is 17.3. The monoisotopic (exact) mass is 402 g/mol. The Labute approximate surface area is 171 Å². The molecule has 1 amide bonds. The molecule has 28 heavy (non-hydrogen) atoms. The molecule has 1 fully saturated rings. The molecule has 0 bridgehead atoms. The highest BCUT2D eigenvalue weighted by molar-refractivity contribution is 6.30. The summed E-state index contributed by atoms with van der Waals surface area (Å²) >= 11 is 5.90. The number of amides is 1. The van der Waals surface area contributed by atoms with E-state index in [0.717, 1.165) is 5.56 Å². The fourth-order valence-electron chi connectivity index (χ4n) is 3.00. The van der Waals surface area contributed by atoms with E-state index in [2.05, 4.69) is 24.2 Å². The molecular formula is C22H27ClN2O3. The van der Waals surface area contributed by atoms with Crippen molar-refractivity contribution in [1.29, 1.82) is 0 Å². The first kappa shape index (κ1) is 20.5. The van der Waals surface area contributed by atoms with Crippen LogP contribution < -0.4 is 14.8 Å². The van der Waals surface area contributed by atoms with Crippen molar-refractivity contribution in [1.82, 2.24) is 10.2 Å². The van der Waals surface area contributed by atoms with Crippen LogP contribution in [0.2, 0.25) is 5.02 Å². The minimum Gasteiger partial charge on any atom is -0.493 e. The predicted molar refractivity (Wildman–Crippen MR) is 111 cm³/mol. The number of carbonyl (C=O) groups is 1. The van der Waals surface area contributed by atoms with Crippen LogP contribution in [0.4, 0.5) is 0 Å². The van der Waals surface area contributed by atoms with E-state index in [4.69, 9.17) is 21.1 Å². The Balaban J connectivity index is 1.58. The second kappa shape index (κ2) is 9.30.